The molecule has 0 aromatic carbocycles. The summed E-state index contributed by atoms with van der Waals surface area (Å²) in [6.07, 6.45) is 8.79. The van der Waals surface area contributed by atoms with Gasteiger partial charge < -0.3 is 4.74 Å². The lowest BCUT2D eigenvalue weighted by Crippen LogP contribution is -2.52. The van der Waals surface area contributed by atoms with Gasteiger partial charge in [0, 0.05) is 18.8 Å². The SMILES string of the molecule is CC(=O)OC1CCC2C3CCC4=C(C)C(=O)CCC4(C)C3CCC12C. The van der Waals surface area contributed by atoms with E-state index in [2.05, 4.69) is 20.8 Å². The van der Waals surface area contributed by atoms with Crippen LogP contribution in [-0.4, -0.2) is 17.9 Å². The molecule has 138 valence electrons. The van der Waals surface area contributed by atoms with E-state index in [9.17, 15) is 9.59 Å². The zero-order valence-electron chi connectivity index (χ0n) is 16.2. The molecule has 4 aliphatic carbocycles. The monoisotopic (exact) mass is 344 g/mol. The number of carbonyl (C=O) groups is 2. The highest BCUT2D eigenvalue weighted by atomic mass is 16.5. The number of allylic oxidation sites excluding steroid dienone is 1. The van der Waals surface area contributed by atoms with Crippen LogP contribution in [-0.2, 0) is 14.3 Å². The first kappa shape index (κ1) is 17.3. The lowest BCUT2D eigenvalue weighted by atomic mass is 9.47. The summed E-state index contributed by atoms with van der Waals surface area (Å²) in [4.78, 5) is 23.8. The second-order valence-corrected chi connectivity index (χ2v) is 9.58. The average Bonchev–Trinajstić information content (AvgIpc) is 2.88. The second kappa shape index (κ2) is 5.69. The molecule has 0 spiro atoms. The zero-order chi connectivity index (χ0) is 18.0. The van der Waals surface area contributed by atoms with Gasteiger partial charge in [0.15, 0.2) is 5.78 Å². The Morgan fingerprint density at radius 1 is 1.04 bits per heavy atom. The summed E-state index contributed by atoms with van der Waals surface area (Å²) in [5.41, 5.74) is 2.93. The number of carbonyl (C=O) groups excluding carboxylic acids is 2. The minimum absolute atomic E-state index is 0.107. The molecule has 4 aliphatic rings. The Balaban J connectivity index is 1.65. The standard InChI is InChI=1S/C22H32O3/c1-13-16-6-5-15-17-7-8-20(25-14(2)23)22(17,4)11-9-18(15)21(16,3)12-10-19(13)24/h15,17-18,20H,5-12H2,1-4H3. The Morgan fingerprint density at radius 3 is 2.52 bits per heavy atom. The van der Waals surface area contributed by atoms with Gasteiger partial charge in [-0.15, -0.1) is 0 Å². The van der Waals surface area contributed by atoms with Gasteiger partial charge in [0.25, 0.3) is 0 Å². The van der Waals surface area contributed by atoms with Crippen molar-refractivity contribution >= 4 is 11.8 Å². The molecule has 0 saturated heterocycles. The summed E-state index contributed by atoms with van der Waals surface area (Å²) in [7, 11) is 0. The first-order chi connectivity index (χ1) is 11.8. The largest absolute Gasteiger partial charge is 0.462 e. The predicted molar refractivity (Wildman–Crippen MR) is 96.9 cm³/mol. The van der Waals surface area contributed by atoms with Crippen molar-refractivity contribution < 1.29 is 14.3 Å². The predicted octanol–water partition coefficient (Wildman–Crippen LogP) is 4.84. The van der Waals surface area contributed by atoms with E-state index in [1.807, 2.05) is 0 Å². The van der Waals surface area contributed by atoms with Gasteiger partial charge in [-0.1, -0.05) is 19.4 Å². The molecule has 0 radical (unpaired) electrons. The summed E-state index contributed by atoms with van der Waals surface area (Å²) in [5.74, 6) is 2.35. The fraction of sp³-hybridized carbons (Fsp3) is 0.818. The topological polar surface area (TPSA) is 43.4 Å². The van der Waals surface area contributed by atoms with Crippen molar-refractivity contribution in [1.82, 2.24) is 0 Å². The number of hydrogen-bond acceptors (Lipinski definition) is 3. The fourth-order valence-electron chi connectivity index (χ4n) is 7.33. The molecule has 0 aliphatic heterocycles. The summed E-state index contributed by atoms with van der Waals surface area (Å²) < 4.78 is 5.73. The number of Topliss-reactive ketones (excluding diaryl/α,β-unsaturated/α-hetero) is 1. The van der Waals surface area contributed by atoms with Gasteiger partial charge in [-0.3, -0.25) is 9.59 Å². The van der Waals surface area contributed by atoms with Gasteiger partial charge in [-0.25, -0.2) is 0 Å². The number of rotatable bonds is 1. The van der Waals surface area contributed by atoms with Gasteiger partial charge in [-0.05, 0) is 80.6 Å². The summed E-state index contributed by atoms with van der Waals surface area (Å²) in [5, 5.41) is 0. The second-order valence-electron chi connectivity index (χ2n) is 9.58. The molecule has 0 N–H and O–H groups in total. The Labute approximate surface area is 151 Å². The highest BCUT2D eigenvalue weighted by Crippen LogP contribution is 2.66. The number of fused-ring (bicyclic) bond motifs is 5. The maximum Gasteiger partial charge on any atom is 0.302 e. The Bertz CT molecular complexity index is 648. The number of hydrogen-bond donors (Lipinski definition) is 0. The van der Waals surface area contributed by atoms with E-state index in [1.54, 1.807) is 6.92 Å². The quantitative estimate of drug-likeness (QED) is 0.639. The van der Waals surface area contributed by atoms with Crippen LogP contribution < -0.4 is 0 Å². The minimum Gasteiger partial charge on any atom is -0.462 e. The van der Waals surface area contributed by atoms with Crippen molar-refractivity contribution in [3.63, 3.8) is 0 Å². The number of ether oxygens (including phenoxy) is 1. The van der Waals surface area contributed by atoms with E-state index < -0.39 is 0 Å². The van der Waals surface area contributed by atoms with Gasteiger partial charge in [0.2, 0.25) is 0 Å². The smallest absolute Gasteiger partial charge is 0.302 e. The molecule has 6 unspecified atom stereocenters. The Kier molecular flexibility index (Phi) is 3.94. The van der Waals surface area contributed by atoms with E-state index in [0.717, 1.165) is 43.6 Å². The Morgan fingerprint density at radius 2 is 1.80 bits per heavy atom. The maximum absolute atomic E-state index is 12.2. The molecule has 6 atom stereocenters. The molecule has 4 rings (SSSR count). The van der Waals surface area contributed by atoms with E-state index in [0.29, 0.717) is 17.6 Å². The van der Waals surface area contributed by atoms with Gasteiger partial charge in [0.1, 0.15) is 6.10 Å². The summed E-state index contributed by atoms with van der Waals surface area (Å²) >= 11 is 0. The number of ketones is 1. The van der Waals surface area contributed by atoms with Crippen LogP contribution in [0, 0.1) is 28.6 Å². The van der Waals surface area contributed by atoms with Gasteiger partial charge in [0.05, 0.1) is 0 Å². The zero-order valence-corrected chi connectivity index (χ0v) is 16.2. The van der Waals surface area contributed by atoms with Crippen LogP contribution >= 0.6 is 0 Å². The lowest BCUT2D eigenvalue weighted by Gasteiger charge is -2.58. The summed E-state index contributed by atoms with van der Waals surface area (Å²) in [6, 6.07) is 0. The third-order valence-electron chi connectivity index (χ3n) is 8.64. The van der Waals surface area contributed by atoms with Crippen LogP contribution in [0.5, 0.6) is 0 Å². The third-order valence-corrected chi connectivity index (χ3v) is 8.64. The van der Waals surface area contributed by atoms with Crippen molar-refractivity contribution in [3.05, 3.63) is 11.1 Å². The normalized spacial score (nSPS) is 46.3. The van der Waals surface area contributed by atoms with E-state index in [4.69, 9.17) is 4.74 Å². The first-order valence-electron chi connectivity index (χ1n) is 10.2. The molecule has 3 heteroatoms. The van der Waals surface area contributed by atoms with Crippen molar-refractivity contribution in [2.75, 3.05) is 0 Å². The maximum atomic E-state index is 12.2. The van der Waals surface area contributed by atoms with Crippen LogP contribution in [0.4, 0.5) is 0 Å². The molecule has 0 aromatic rings. The molecule has 25 heavy (non-hydrogen) atoms. The molecule has 0 heterocycles. The summed E-state index contributed by atoms with van der Waals surface area (Å²) in [6.45, 7) is 8.42. The highest BCUT2D eigenvalue weighted by molar-refractivity contribution is 5.96. The first-order valence-corrected chi connectivity index (χ1v) is 10.2. The molecular formula is C22H32O3. The fourth-order valence-corrected chi connectivity index (χ4v) is 7.33. The highest BCUT2D eigenvalue weighted by Gasteiger charge is 2.60. The van der Waals surface area contributed by atoms with Crippen molar-refractivity contribution in [1.29, 1.82) is 0 Å². The van der Waals surface area contributed by atoms with Crippen LogP contribution in [0.3, 0.4) is 0 Å². The molecular weight excluding hydrogens is 312 g/mol. The molecule has 3 nitrogen and oxygen atoms in total. The minimum atomic E-state index is -0.128. The van der Waals surface area contributed by atoms with Crippen molar-refractivity contribution in [2.24, 2.45) is 28.6 Å². The van der Waals surface area contributed by atoms with Gasteiger partial charge >= 0.3 is 5.97 Å². The van der Waals surface area contributed by atoms with E-state index in [1.165, 1.54) is 24.8 Å². The average molecular weight is 344 g/mol. The molecule has 3 saturated carbocycles. The number of esters is 1. The lowest BCUT2D eigenvalue weighted by molar-refractivity contribution is -0.157. The van der Waals surface area contributed by atoms with E-state index in [-0.39, 0.29) is 22.9 Å². The van der Waals surface area contributed by atoms with Crippen LogP contribution in [0.25, 0.3) is 0 Å². The van der Waals surface area contributed by atoms with Crippen LogP contribution in [0.1, 0.15) is 79.1 Å². The van der Waals surface area contributed by atoms with Crippen molar-refractivity contribution in [2.45, 2.75) is 85.2 Å². The molecule has 0 bridgehead atoms. The van der Waals surface area contributed by atoms with Crippen LogP contribution in [0.15, 0.2) is 11.1 Å². The molecule has 0 aromatic heterocycles. The van der Waals surface area contributed by atoms with Gasteiger partial charge in [-0.2, -0.15) is 0 Å². The molecule has 3 fully saturated rings. The third kappa shape index (κ3) is 2.37. The Hall–Kier alpha value is -1.12. The molecule has 0 amide bonds. The van der Waals surface area contributed by atoms with E-state index >= 15 is 0 Å². The van der Waals surface area contributed by atoms with Crippen molar-refractivity contribution in [3.8, 4) is 0 Å². The van der Waals surface area contributed by atoms with Crippen LogP contribution in [0.2, 0.25) is 0 Å².